The fourth-order valence-corrected chi connectivity index (χ4v) is 2.34. The maximum Gasteiger partial charge on any atom is 0.193 e. The minimum Gasteiger partial charge on any atom is -0.493 e. The van der Waals surface area contributed by atoms with E-state index in [4.69, 9.17) is 13.9 Å². The largest absolute Gasteiger partial charge is 0.493 e. The van der Waals surface area contributed by atoms with E-state index in [9.17, 15) is 4.79 Å². The first-order valence-corrected chi connectivity index (χ1v) is 7.14. The van der Waals surface area contributed by atoms with E-state index >= 15 is 0 Å². The Morgan fingerprint density at radius 3 is 2.48 bits per heavy atom. The Bertz CT molecular complexity index is 922. The predicted octanol–water partition coefficient (Wildman–Crippen LogP) is 3.98. The Labute approximate surface area is 133 Å². The molecule has 0 saturated heterocycles. The highest BCUT2D eigenvalue weighted by atomic mass is 16.5. The highest BCUT2D eigenvalue weighted by molar-refractivity contribution is 5.78. The van der Waals surface area contributed by atoms with Crippen molar-refractivity contribution in [2.75, 3.05) is 14.2 Å². The number of hydrogen-bond acceptors (Lipinski definition) is 4. The third-order valence-electron chi connectivity index (χ3n) is 3.50. The second-order valence-corrected chi connectivity index (χ2v) is 4.96. The molecule has 1 heterocycles. The Balaban J connectivity index is 1.95. The third-order valence-corrected chi connectivity index (χ3v) is 3.50. The lowest BCUT2D eigenvalue weighted by atomic mass is 10.1. The normalized spacial score (nSPS) is 11.0. The number of benzene rings is 2. The van der Waals surface area contributed by atoms with Crippen molar-refractivity contribution < 1.29 is 13.9 Å². The van der Waals surface area contributed by atoms with Gasteiger partial charge in [-0.15, -0.1) is 0 Å². The molecule has 4 nitrogen and oxygen atoms in total. The number of ether oxygens (including phenoxy) is 2. The van der Waals surface area contributed by atoms with Gasteiger partial charge in [-0.1, -0.05) is 24.3 Å². The second-order valence-electron chi connectivity index (χ2n) is 4.96. The Morgan fingerprint density at radius 2 is 1.70 bits per heavy atom. The summed E-state index contributed by atoms with van der Waals surface area (Å²) in [5.41, 5.74) is 1.43. The molecule has 23 heavy (non-hydrogen) atoms. The molecule has 0 bridgehead atoms. The molecule has 3 rings (SSSR count). The van der Waals surface area contributed by atoms with Crippen molar-refractivity contribution in [2.24, 2.45) is 0 Å². The number of para-hydroxylation sites is 1. The molecule has 3 aromatic rings. The first kappa shape index (κ1) is 14.9. The van der Waals surface area contributed by atoms with Gasteiger partial charge in [0.1, 0.15) is 11.3 Å². The molecule has 0 unspecified atom stereocenters. The lowest BCUT2D eigenvalue weighted by Crippen LogP contribution is -1.99. The average molecular weight is 308 g/mol. The minimum atomic E-state index is -0.0567. The van der Waals surface area contributed by atoms with Crippen molar-refractivity contribution in [2.45, 2.75) is 0 Å². The molecule has 0 radical (unpaired) electrons. The summed E-state index contributed by atoms with van der Waals surface area (Å²) in [6, 6.07) is 14.3. The Hall–Kier alpha value is -3.01. The molecule has 0 fully saturated rings. The lowest BCUT2D eigenvalue weighted by Gasteiger charge is -2.07. The predicted molar refractivity (Wildman–Crippen MR) is 91.0 cm³/mol. The zero-order chi connectivity index (χ0) is 16.2. The van der Waals surface area contributed by atoms with Gasteiger partial charge in [0.25, 0.3) is 0 Å². The summed E-state index contributed by atoms with van der Waals surface area (Å²) in [7, 11) is 3.19. The molecule has 0 aliphatic heterocycles. The van der Waals surface area contributed by atoms with E-state index in [1.807, 2.05) is 36.4 Å². The molecule has 0 aliphatic carbocycles. The molecule has 4 heteroatoms. The lowest BCUT2D eigenvalue weighted by molar-refractivity contribution is 0.355. The molecule has 0 N–H and O–H groups in total. The van der Waals surface area contributed by atoms with E-state index in [-0.39, 0.29) is 5.43 Å². The summed E-state index contributed by atoms with van der Waals surface area (Å²) in [6.45, 7) is 0. The van der Waals surface area contributed by atoms with Gasteiger partial charge in [-0.05, 0) is 35.9 Å². The van der Waals surface area contributed by atoms with Crippen LogP contribution in [0.4, 0.5) is 0 Å². The van der Waals surface area contributed by atoms with Gasteiger partial charge in [0.05, 0.1) is 19.6 Å². The van der Waals surface area contributed by atoms with E-state index in [2.05, 4.69) is 0 Å². The molecule has 0 spiro atoms. The van der Waals surface area contributed by atoms with E-state index in [0.717, 1.165) is 5.56 Å². The standard InChI is InChI=1S/C19H16O4/c1-21-18-10-8-13(11-19(18)22-2)7-9-14-12-16(20)15-5-3-4-6-17(15)23-14/h3-12H,1-2H3/b9-7+. The van der Waals surface area contributed by atoms with E-state index in [1.165, 1.54) is 6.07 Å². The van der Waals surface area contributed by atoms with E-state index in [0.29, 0.717) is 28.2 Å². The number of rotatable bonds is 4. The summed E-state index contributed by atoms with van der Waals surface area (Å²) in [4.78, 5) is 12.1. The van der Waals surface area contributed by atoms with Gasteiger partial charge < -0.3 is 13.9 Å². The fourth-order valence-electron chi connectivity index (χ4n) is 2.34. The number of methoxy groups -OCH3 is 2. The minimum absolute atomic E-state index is 0.0567. The van der Waals surface area contributed by atoms with Crippen molar-refractivity contribution >= 4 is 23.1 Å². The summed E-state index contributed by atoms with van der Waals surface area (Å²) in [5, 5.41) is 0.579. The van der Waals surface area contributed by atoms with Gasteiger partial charge >= 0.3 is 0 Å². The van der Waals surface area contributed by atoms with Crippen molar-refractivity contribution in [3.05, 3.63) is 70.1 Å². The maximum absolute atomic E-state index is 12.1. The van der Waals surface area contributed by atoms with Gasteiger partial charge in [0.15, 0.2) is 16.9 Å². The zero-order valence-corrected chi connectivity index (χ0v) is 12.9. The van der Waals surface area contributed by atoms with Crippen LogP contribution >= 0.6 is 0 Å². The molecule has 2 aromatic carbocycles. The molecule has 0 saturated carbocycles. The number of fused-ring (bicyclic) bond motifs is 1. The maximum atomic E-state index is 12.1. The van der Waals surface area contributed by atoms with Gasteiger partial charge in [-0.3, -0.25) is 4.79 Å². The molecule has 0 aliphatic rings. The van der Waals surface area contributed by atoms with Crippen LogP contribution in [0.15, 0.2) is 57.7 Å². The van der Waals surface area contributed by atoms with Gasteiger partial charge in [0.2, 0.25) is 0 Å². The van der Waals surface area contributed by atoms with Crippen LogP contribution in [-0.2, 0) is 0 Å². The second kappa shape index (κ2) is 6.40. The van der Waals surface area contributed by atoms with Crippen LogP contribution in [0.25, 0.3) is 23.1 Å². The molecular formula is C19H16O4. The van der Waals surface area contributed by atoms with Crippen LogP contribution in [0, 0.1) is 0 Å². The van der Waals surface area contributed by atoms with Crippen molar-refractivity contribution in [3.8, 4) is 11.5 Å². The summed E-state index contributed by atoms with van der Waals surface area (Å²) >= 11 is 0. The quantitative estimate of drug-likeness (QED) is 0.731. The van der Waals surface area contributed by atoms with Crippen LogP contribution in [-0.4, -0.2) is 14.2 Å². The third kappa shape index (κ3) is 3.11. The monoisotopic (exact) mass is 308 g/mol. The summed E-state index contributed by atoms with van der Waals surface area (Å²) < 4.78 is 16.2. The van der Waals surface area contributed by atoms with Crippen LogP contribution in [0.5, 0.6) is 11.5 Å². The van der Waals surface area contributed by atoms with Crippen LogP contribution in [0.3, 0.4) is 0 Å². The highest BCUT2D eigenvalue weighted by Crippen LogP contribution is 2.28. The average Bonchev–Trinajstić information content (AvgIpc) is 2.59. The van der Waals surface area contributed by atoms with Crippen LogP contribution < -0.4 is 14.9 Å². The van der Waals surface area contributed by atoms with Crippen molar-refractivity contribution in [3.63, 3.8) is 0 Å². The molecule has 116 valence electrons. The molecule has 0 atom stereocenters. The van der Waals surface area contributed by atoms with Gasteiger partial charge in [-0.25, -0.2) is 0 Å². The topological polar surface area (TPSA) is 48.7 Å². The van der Waals surface area contributed by atoms with E-state index < -0.39 is 0 Å². The Morgan fingerprint density at radius 1 is 0.913 bits per heavy atom. The van der Waals surface area contributed by atoms with Crippen LogP contribution in [0.2, 0.25) is 0 Å². The zero-order valence-electron chi connectivity index (χ0n) is 12.9. The van der Waals surface area contributed by atoms with Gasteiger partial charge in [-0.2, -0.15) is 0 Å². The highest BCUT2D eigenvalue weighted by Gasteiger charge is 2.04. The fraction of sp³-hybridized carbons (Fsp3) is 0.105. The molecular weight excluding hydrogens is 292 g/mol. The number of hydrogen-bond donors (Lipinski definition) is 0. The SMILES string of the molecule is COc1ccc(/C=C/c2cc(=O)c3ccccc3o2)cc1OC. The van der Waals surface area contributed by atoms with E-state index in [1.54, 1.807) is 32.4 Å². The Kier molecular flexibility index (Phi) is 4.15. The van der Waals surface area contributed by atoms with Crippen LogP contribution in [0.1, 0.15) is 11.3 Å². The molecule has 1 aromatic heterocycles. The van der Waals surface area contributed by atoms with Crippen molar-refractivity contribution in [1.29, 1.82) is 0 Å². The first-order valence-electron chi connectivity index (χ1n) is 7.14. The summed E-state index contributed by atoms with van der Waals surface area (Å²) in [6.07, 6.45) is 3.62. The summed E-state index contributed by atoms with van der Waals surface area (Å²) in [5.74, 6) is 1.82. The van der Waals surface area contributed by atoms with Gasteiger partial charge in [0, 0.05) is 6.07 Å². The molecule has 0 amide bonds. The van der Waals surface area contributed by atoms with Crippen molar-refractivity contribution in [1.82, 2.24) is 0 Å². The first-order chi connectivity index (χ1) is 11.2. The smallest absolute Gasteiger partial charge is 0.193 e.